The van der Waals surface area contributed by atoms with Crippen molar-refractivity contribution in [3.63, 3.8) is 0 Å². The minimum atomic E-state index is -0.763. The van der Waals surface area contributed by atoms with Crippen molar-refractivity contribution in [3.05, 3.63) is 45.0 Å². The van der Waals surface area contributed by atoms with Crippen molar-refractivity contribution in [1.82, 2.24) is 0 Å². The molecule has 0 aromatic heterocycles. The lowest BCUT2D eigenvalue weighted by Gasteiger charge is -2.13. The van der Waals surface area contributed by atoms with Gasteiger partial charge >= 0.3 is 0 Å². The van der Waals surface area contributed by atoms with E-state index in [1.807, 2.05) is 6.08 Å². The average Bonchev–Trinajstić information content (AvgIpc) is 2.89. The molecule has 1 aliphatic rings. The molecule has 24 heavy (non-hydrogen) atoms. The van der Waals surface area contributed by atoms with E-state index in [4.69, 9.17) is 4.74 Å². The van der Waals surface area contributed by atoms with Crippen LogP contribution in [0.3, 0.4) is 0 Å². The van der Waals surface area contributed by atoms with Crippen LogP contribution < -0.4 is 9.84 Å². The van der Waals surface area contributed by atoms with Crippen molar-refractivity contribution < 1.29 is 19.6 Å². The molecule has 0 fully saturated rings. The fraction of sp³-hybridized carbons (Fsp3) is 0.389. The third-order valence-electron chi connectivity index (χ3n) is 4.02. The number of nitrogens with zero attached hydrogens (tertiary/aromatic N) is 1. The van der Waals surface area contributed by atoms with Gasteiger partial charge in [-0.1, -0.05) is 25.8 Å². The molecular weight excluding hydrogens is 310 g/mol. The van der Waals surface area contributed by atoms with E-state index in [1.165, 1.54) is 19.2 Å². The average molecular weight is 330 g/mol. The summed E-state index contributed by atoms with van der Waals surface area (Å²) in [6, 6.07) is 2.60. The highest BCUT2D eigenvalue weighted by Crippen LogP contribution is 2.36. The lowest BCUT2D eigenvalue weighted by molar-refractivity contribution is -0.398. The molecule has 128 valence electrons. The number of methoxy groups -OCH3 is 1. The highest BCUT2D eigenvalue weighted by molar-refractivity contribution is 6.13. The number of Topliss-reactive ketones (excluding diaryl/α,β-unsaturated/α-hetero) is 1. The van der Waals surface area contributed by atoms with E-state index in [0.717, 1.165) is 31.3 Å². The Morgan fingerprint density at radius 3 is 2.71 bits per heavy atom. The van der Waals surface area contributed by atoms with Crippen LogP contribution in [0, 0.1) is 10.1 Å². The number of carbonyl (C=O) groups is 1. The number of ether oxygens (including phenoxy) is 1. The molecule has 1 aromatic rings. The van der Waals surface area contributed by atoms with Crippen LogP contribution in [-0.4, -0.2) is 17.8 Å². The number of nitro groups is 1. The smallest absolute Gasteiger partial charge is 0.266 e. The Bertz CT molecular complexity index is 718. The quantitative estimate of drug-likeness (QED) is 0.330. The van der Waals surface area contributed by atoms with E-state index in [2.05, 4.69) is 6.92 Å². The van der Waals surface area contributed by atoms with Crippen LogP contribution in [0.4, 0.5) is 5.69 Å². The van der Waals surface area contributed by atoms with Crippen LogP contribution in [0.2, 0.25) is 0 Å². The van der Waals surface area contributed by atoms with Crippen LogP contribution in [-0.2, 0) is 4.79 Å². The van der Waals surface area contributed by atoms with E-state index in [9.17, 15) is 20.0 Å². The summed E-state index contributed by atoms with van der Waals surface area (Å²) in [5, 5.41) is 22.8. The minimum Gasteiger partial charge on any atom is -0.865 e. The van der Waals surface area contributed by atoms with E-state index in [0.29, 0.717) is 17.6 Å². The summed E-state index contributed by atoms with van der Waals surface area (Å²) in [5.41, 5.74) is 1.25. The maximum absolute atomic E-state index is 12.4. The van der Waals surface area contributed by atoms with Gasteiger partial charge in [-0.25, -0.2) is 0 Å². The Balaban J connectivity index is 2.25. The summed E-state index contributed by atoms with van der Waals surface area (Å²) in [5.74, 6) is -0.877. The molecule has 1 aromatic carbocycles. The summed E-state index contributed by atoms with van der Waals surface area (Å²) in [4.78, 5) is 22.6. The van der Waals surface area contributed by atoms with Gasteiger partial charge in [-0.2, -0.15) is 0 Å². The first-order valence-electron chi connectivity index (χ1n) is 7.95. The lowest BCUT2D eigenvalue weighted by Crippen LogP contribution is -2.02. The van der Waals surface area contributed by atoms with Crippen molar-refractivity contribution in [2.45, 2.75) is 39.0 Å². The Morgan fingerprint density at radius 2 is 2.08 bits per heavy atom. The third kappa shape index (κ3) is 3.82. The standard InChI is InChI=1S/C18H21NO5/c1-3-4-5-6-13-7-8-14(17(13)20)9-12-10-15(19(22)23)18(21)16(11-12)24-2/h7,9-11,21H,3-6,8H2,1-2H3/p-1/b14-9+. The molecule has 0 amide bonds. The third-order valence-corrected chi connectivity index (χ3v) is 4.02. The maximum Gasteiger partial charge on any atom is 0.266 e. The number of hydrogen-bond donors (Lipinski definition) is 0. The maximum atomic E-state index is 12.4. The molecule has 0 saturated heterocycles. The first-order valence-corrected chi connectivity index (χ1v) is 7.95. The van der Waals surface area contributed by atoms with E-state index >= 15 is 0 Å². The Labute approximate surface area is 140 Å². The predicted octanol–water partition coefficient (Wildman–Crippen LogP) is 3.54. The Morgan fingerprint density at radius 1 is 1.33 bits per heavy atom. The zero-order valence-electron chi connectivity index (χ0n) is 13.8. The zero-order valence-corrected chi connectivity index (χ0v) is 13.8. The summed E-state index contributed by atoms with van der Waals surface area (Å²) in [7, 11) is 1.28. The van der Waals surface area contributed by atoms with Crippen LogP contribution in [0.5, 0.6) is 11.5 Å². The number of carbonyl (C=O) groups excluding carboxylic acids is 1. The van der Waals surface area contributed by atoms with Crippen molar-refractivity contribution in [3.8, 4) is 11.5 Å². The molecule has 1 aliphatic carbocycles. The van der Waals surface area contributed by atoms with Crippen molar-refractivity contribution in [2.24, 2.45) is 0 Å². The van der Waals surface area contributed by atoms with Crippen LogP contribution in [0.15, 0.2) is 29.4 Å². The topological polar surface area (TPSA) is 92.5 Å². The van der Waals surface area contributed by atoms with E-state index in [1.54, 1.807) is 6.08 Å². The predicted molar refractivity (Wildman–Crippen MR) is 88.9 cm³/mol. The molecule has 6 heteroatoms. The molecule has 2 rings (SSSR count). The SMILES string of the molecule is CCCCCC1=CC/C(=C\c2cc(OC)c([O-])c([N+](=O)[O-])c2)C1=O. The van der Waals surface area contributed by atoms with Crippen molar-refractivity contribution in [2.75, 3.05) is 7.11 Å². The second-order valence-electron chi connectivity index (χ2n) is 5.72. The fourth-order valence-electron chi connectivity index (χ4n) is 2.71. The number of rotatable bonds is 7. The molecule has 0 N–H and O–H groups in total. The number of nitro benzene ring substituents is 1. The van der Waals surface area contributed by atoms with E-state index in [-0.39, 0.29) is 11.5 Å². The number of allylic oxidation sites excluding steroid dienone is 3. The monoisotopic (exact) mass is 330 g/mol. The van der Waals surface area contributed by atoms with Crippen molar-refractivity contribution in [1.29, 1.82) is 0 Å². The molecule has 0 radical (unpaired) electrons. The number of ketones is 1. The lowest BCUT2D eigenvalue weighted by atomic mass is 10.0. The summed E-state index contributed by atoms with van der Waals surface area (Å²) in [6.45, 7) is 2.11. The largest absolute Gasteiger partial charge is 0.865 e. The van der Waals surface area contributed by atoms with Gasteiger partial charge in [0.15, 0.2) is 5.78 Å². The molecule has 0 unspecified atom stereocenters. The van der Waals surface area contributed by atoms with Gasteiger partial charge in [-0.3, -0.25) is 14.9 Å². The molecule has 0 atom stereocenters. The van der Waals surface area contributed by atoms with E-state index < -0.39 is 16.4 Å². The number of unbranched alkanes of at least 4 members (excludes halogenated alkanes) is 2. The Hall–Kier alpha value is -2.63. The first-order chi connectivity index (χ1) is 11.5. The van der Waals surface area contributed by atoms with Gasteiger partial charge in [0.05, 0.1) is 12.0 Å². The highest BCUT2D eigenvalue weighted by atomic mass is 16.6. The highest BCUT2D eigenvalue weighted by Gasteiger charge is 2.21. The van der Waals surface area contributed by atoms with Crippen LogP contribution in [0.25, 0.3) is 6.08 Å². The molecule has 0 bridgehead atoms. The molecule has 0 heterocycles. The molecule has 0 spiro atoms. The van der Waals surface area contributed by atoms with Gasteiger partial charge in [0.2, 0.25) is 0 Å². The van der Waals surface area contributed by atoms with Gasteiger partial charge in [0.1, 0.15) is 5.75 Å². The number of hydrogen-bond acceptors (Lipinski definition) is 5. The van der Waals surface area contributed by atoms with Crippen LogP contribution >= 0.6 is 0 Å². The normalized spacial score (nSPS) is 15.7. The zero-order chi connectivity index (χ0) is 17.7. The van der Waals surface area contributed by atoms with Gasteiger partial charge in [0, 0.05) is 17.4 Å². The van der Waals surface area contributed by atoms with Gasteiger partial charge < -0.3 is 9.84 Å². The summed E-state index contributed by atoms with van der Waals surface area (Å²) >= 11 is 0. The molecular formula is C18H20NO5-. The van der Waals surface area contributed by atoms with Crippen molar-refractivity contribution >= 4 is 17.5 Å². The minimum absolute atomic E-state index is 0.0149. The molecule has 6 nitrogen and oxygen atoms in total. The van der Waals surface area contributed by atoms with Gasteiger partial charge in [-0.15, -0.1) is 0 Å². The summed E-state index contributed by atoms with van der Waals surface area (Å²) in [6.07, 6.45) is 7.93. The molecule has 0 aliphatic heterocycles. The number of benzene rings is 1. The summed E-state index contributed by atoms with van der Waals surface area (Å²) < 4.78 is 4.91. The molecule has 0 saturated carbocycles. The second kappa shape index (κ2) is 7.77. The van der Waals surface area contributed by atoms with Gasteiger partial charge in [-0.05, 0) is 42.5 Å². The second-order valence-corrected chi connectivity index (χ2v) is 5.72. The Kier molecular flexibility index (Phi) is 5.73. The first kappa shape index (κ1) is 17.7. The van der Waals surface area contributed by atoms with Crippen LogP contribution in [0.1, 0.15) is 44.6 Å². The van der Waals surface area contributed by atoms with Gasteiger partial charge in [0.25, 0.3) is 5.69 Å². The fourth-order valence-corrected chi connectivity index (χ4v) is 2.71.